The molecule has 2 nitrogen and oxygen atoms in total. The average molecular weight is 163 g/mol. The molecule has 2 heteroatoms. The molecule has 0 aliphatic carbocycles. The molecule has 0 fully saturated rings. The number of nitrogens with zero attached hydrogens (tertiary/aromatic N) is 1. The van der Waals surface area contributed by atoms with Crippen LogP contribution in [0.3, 0.4) is 0 Å². The number of aromatic nitrogens is 1. The van der Waals surface area contributed by atoms with Crippen LogP contribution in [-0.2, 0) is 4.79 Å². The number of carbonyl (C=O) groups is 1. The van der Waals surface area contributed by atoms with Gasteiger partial charge in [-0.2, -0.15) is 0 Å². The number of pyridine rings is 1. The van der Waals surface area contributed by atoms with Crippen molar-refractivity contribution in [1.82, 2.24) is 4.98 Å². The molecular weight excluding hydrogens is 150 g/mol. The molecule has 0 N–H and O–H groups in total. The lowest BCUT2D eigenvalue weighted by atomic mass is 10.0. The molecule has 0 saturated heterocycles. The number of Topliss-reactive ketones (excluding diaryl/α,β-unsaturated/α-hetero) is 1. The summed E-state index contributed by atoms with van der Waals surface area (Å²) >= 11 is 0. The van der Waals surface area contributed by atoms with Crippen LogP contribution in [0.5, 0.6) is 0 Å². The summed E-state index contributed by atoms with van der Waals surface area (Å²) in [6.45, 7) is 3.63. The van der Waals surface area contributed by atoms with Gasteiger partial charge in [0.15, 0.2) is 0 Å². The van der Waals surface area contributed by atoms with Gasteiger partial charge in [-0.15, -0.1) is 0 Å². The number of hydrogen-bond donors (Lipinski definition) is 0. The second-order valence-electron chi connectivity index (χ2n) is 3.06. The van der Waals surface area contributed by atoms with E-state index in [4.69, 9.17) is 0 Å². The van der Waals surface area contributed by atoms with Gasteiger partial charge >= 0.3 is 0 Å². The summed E-state index contributed by atoms with van der Waals surface area (Å²) in [7, 11) is 0. The Kier molecular flexibility index (Phi) is 2.97. The van der Waals surface area contributed by atoms with Crippen LogP contribution in [0.15, 0.2) is 24.4 Å². The first-order chi connectivity index (χ1) is 5.70. The van der Waals surface area contributed by atoms with Crippen molar-refractivity contribution in [3.8, 4) is 0 Å². The highest BCUT2D eigenvalue weighted by molar-refractivity contribution is 5.76. The van der Waals surface area contributed by atoms with Crippen LogP contribution < -0.4 is 0 Å². The molecule has 0 saturated carbocycles. The maximum atomic E-state index is 10.8. The van der Waals surface area contributed by atoms with Crippen LogP contribution >= 0.6 is 0 Å². The summed E-state index contributed by atoms with van der Waals surface area (Å²) in [5, 5.41) is 0. The van der Waals surface area contributed by atoms with Gasteiger partial charge < -0.3 is 4.79 Å². The zero-order chi connectivity index (χ0) is 8.97. The topological polar surface area (TPSA) is 30.0 Å². The predicted octanol–water partition coefficient (Wildman–Crippen LogP) is 2.16. The van der Waals surface area contributed by atoms with Crippen LogP contribution in [0.25, 0.3) is 0 Å². The van der Waals surface area contributed by atoms with Crippen molar-refractivity contribution in [2.45, 2.75) is 26.2 Å². The molecule has 0 spiro atoms. The third-order valence-corrected chi connectivity index (χ3v) is 1.79. The SMILES string of the molecule is CC(=O)CC(C)c1ccccn1. The molecule has 12 heavy (non-hydrogen) atoms. The molecule has 1 unspecified atom stereocenters. The molecule has 64 valence electrons. The maximum Gasteiger partial charge on any atom is 0.130 e. The van der Waals surface area contributed by atoms with E-state index < -0.39 is 0 Å². The summed E-state index contributed by atoms with van der Waals surface area (Å²) in [5.74, 6) is 0.455. The van der Waals surface area contributed by atoms with E-state index in [0.717, 1.165) is 5.69 Å². The van der Waals surface area contributed by atoms with Crippen molar-refractivity contribution in [1.29, 1.82) is 0 Å². The number of ketones is 1. The first-order valence-electron chi connectivity index (χ1n) is 4.10. The van der Waals surface area contributed by atoms with E-state index in [1.165, 1.54) is 0 Å². The van der Waals surface area contributed by atoms with E-state index in [9.17, 15) is 4.79 Å². The molecule has 0 amide bonds. The molecule has 1 aromatic rings. The van der Waals surface area contributed by atoms with E-state index >= 15 is 0 Å². The summed E-state index contributed by atoms with van der Waals surface area (Å²) < 4.78 is 0. The fraction of sp³-hybridized carbons (Fsp3) is 0.400. The van der Waals surface area contributed by atoms with E-state index in [0.29, 0.717) is 6.42 Å². The average Bonchev–Trinajstić information content (AvgIpc) is 2.05. The van der Waals surface area contributed by atoms with Gasteiger partial charge in [0, 0.05) is 24.2 Å². The number of hydrogen-bond acceptors (Lipinski definition) is 2. The molecule has 1 rings (SSSR count). The molecule has 0 aromatic carbocycles. The lowest BCUT2D eigenvalue weighted by Crippen LogP contribution is -2.01. The minimum atomic E-state index is 0.216. The Morgan fingerprint density at radius 2 is 2.33 bits per heavy atom. The Balaban J connectivity index is 2.65. The van der Waals surface area contributed by atoms with Gasteiger partial charge in [-0.25, -0.2) is 0 Å². The quantitative estimate of drug-likeness (QED) is 0.683. The van der Waals surface area contributed by atoms with E-state index in [2.05, 4.69) is 4.98 Å². The normalized spacial score (nSPS) is 12.5. The Hall–Kier alpha value is -1.18. The Morgan fingerprint density at radius 3 is 2.83 bits per heavy atom. The van der Waals surface area contributed by atoms with E-state index in [-0.39, 0.29) is 11.7 Å². The van der Waals surface area contributed by atoms with Crippen molar-refractivity contribution in [3.05, 3.63) is 30.1 Å². The molecule has 1 aromatic heterocycles. The van der Waals surface area contributed by atoms with Gasteiger partial charge in [0.25, 0.3) is 0 Å². The lowest BCUT2D eigenvalue weighted by Gasteiger charge is -2.07. The molecule has 0 radical (unpaired) electrons. The monoisotopic (exact) mass is 163 g/mol. The van der Waals surface area contributed by atoms with Crippen LogP contribution in [0, 0.1) is 0 Å². The highest BCUT2D eigenvalue weighted by Gasteiger charge is 2.07. The highest BCUT2D eigenvalue weighted by Crippen LogP contribution is 2.15. The summed E-state index contributed by atoms with van der Waals surface area (Å²) in [6.07, 6.45) is 2.34. The van der Waals surface area contributed by atoms with Gasteiger partial charge in [0.05, 0.1) is 0 Å². The largest absolute Gasteiger partial charge is 0.300 e. The molecule has 1 heterocycles. The predicted molar refractivity (Wildman–Crippen MR) is 48.0 cm³/mol. The van der Waals surface area contributed by atoms with Gasteiger partial charge in [-0.05, 0) is 19.1 Å². The first kappa shape index (κ1) is 8.91. The van der Waals surface area contributed by atoms with Gasteiger partial charge in [-0.3, -0.25) is 4.98 Å². The lowest BCUT2D eigenvalue weighted by molar-refractivity contribution is -0.117. The fourth-order valence-electron chi connectivity index (χ4n) is 1.20. The molecule has 1 atom stereocenters. The van der Waals surface area contributed by atoms with Crippen molar-refractivity contribution in [2.75, 3.05) is 0 Å². The Labute approximate surface area is 72.6 Å². The van der Waals surface area contributed by atoms with Gasteiger partial charge in [0.1, 0.15) is 5.78 Å². The molecule has 0 bridgehead atoms. The Morgan fingerprint density at radius 1 is 1.58 bits per heavy atom. The van der Waals surface area contributed by atoms with Crippen molar-refractivity contribution < 1.29 is 4.79 Å². The van der Waals surface area contributed by atoms with Crippen LogP contribution in [0.4, 0.5) is 0 Å². The van der Waals surface area contributed by atoms with Crippen molar-refractivity contribution >= 4 is 5.78 Å². The second kappa shape index (κ2) is 4.00. The first-order valence-corrected chi connectivity index (χ1v) is 4.10. The molecule has 0 aliphatic heterocycles. The Bertz CT molecular complexity index is 256. The van der Waals surface area contributed by atoms with Crippen LogP contribution in [0.1, 0.15) is 31.9 Å². The zero-order valence-electron chi connectivity index (χ0n) is 7.45. The van der Waals surface area contributed by atoms with Gasteiger partial charge in [0.2, 0.25) is 0 Å². The second-order valence-corrected chi connectivity index (χ2v) is 3.06. The standard InChI is InChI=1S/C10H13NO/c1-8(7-9(2)12)10-5-3-4-6-11-10/h3-6,8H,7H2,1-2H3. The fourth-order valence-corrected chi connectivity index (χ4v) is 1.20. The number of rotatable bonds is 3. The maximum absolute atomic E-state index is 10.8. The summed E-state index contributed by atoms with van der Waals surface area (Å²) in [5.41, 5.74) is 0.993. The van der Waals surface area contributed by atoms with Crippen LogP contribution in [-0.4, -0.2) is 10.8 Å². The van der Waals surface area contributed by atoms with Crippen LogP contribution in [0.2, 0.25) is 0 Å². The smallest absolute Gasteiger partial charge is 0.130 e. The van der Waals surface area contributed by atoms with E-state index in [1.807, 2.05) is 25.1 Å². The van der Waals surface area contributed by atoms with Gasteiger partial charge in [-0.1, -0.05) is 13.0 Å². The minimum Gasteiger partial charge on any atom is -0.300 e. The summed E-state index contributed by atoms with van der Waals surface area (Å²) in [4.78, 5) is 15.0. The molecular formula is C10H13NO. The summed E-state index contributed by atoms with van der Waals surface area (Å²) in [6, 6.07) is 5.77. The van der Waals surface area contributed by atoms with Crippen molar-refractivity contribution in [2.24, 2.45) is 0 Å². The van der Waals surface area contributed by atoms with E-state index in [1.54, 1.807) is 13.1 Å². The molecule has 0 aliphatic rings. The zero-order valence-corrected chi connectivity index (χ0v) is 7.45. The third-order valence-electron chi connectivity index (χ3n) is 1.79. The number of carbonyl (C=O) groups excluding carboxylic acids is 1. The minimum absolute atomic E-state index is 0.216. The highest BCUT2D eigenvalue weighted by atomic mass is 16.1. The third kappa shape index (κ3) is 2.46. The van der Waals surface area contributed by atoms with Crippen molar-refractivity contribution in [3.63, 3.8) is 0 Å².